The van der Waals surface area contributed by atoms with Crippen LogP contribution in [0.5, 0.6) is 0 Å². The standard InChI is InChI=1S/C16H22N4/c17-16(13-15-9-5-2-6-10-15)19-20(18)12-11-14-7-3-1-4-8-14/h1-10,16,19H,11-13,17-18H2. The SMILES string of the molecule is NC(Cc1ccccc1)NN(N)CCc1ccccc1. The number of rotatable bonds is 7. The minimum absolute atomic E-state index is 0.182. The molecule has 2 aromatic carbocycles. The quantitative estimate of drug-likeness (QED) is 0.404. The van der Waals surface area contributed by atoms with Gasteiger partial charge in [-0.2, -0.15) is 5.12 Å². The fraction of sp³-hybridized carbons (Fsp3) is 0.250. The Balaban J connectivity index is 1.72. The minimum atomic E-state index is -0.182. The molecule has 0 bridgehead atoms. The lowest BCUT2D eigenvalue weighted by atomic mass is 10.1. The smallest absolute Gasteiger partial charge is 0.0735 e. The van der Waals surface area contributed by atoms with Crippen LogP contribution in [0, 0.1) is 0 Å². The predicted octanol–water partition coefficient (Wildman–Crippen LogP) is 1.44. The molecule has 0 spiro atoms. The van der Waals surface area contributed by atoms with Gasteiger partial charge in [0.25, 0.3) is 0 Å². The van der Waals surface area contributed by atoms with E-state index >= 15 is 0 Å². The molecule has 0 amide bonds. The average molecular weight is 270 g/mol. The van der Waals surface area contributed by atoms with Crippen molar-refractivity contribution in [3.63, 3.8) is 0 Å². The van der Waals surface area contributed by atoms with Gasteiger partial charge in [0.15, 0.2) is 0 Å². The van der Waals surface area contributed by atoms with Crippen LogP contribution in [0.1, 0.15) is 11.1 Å². The molecule has 5 N–H and O–H groups in total. The van der Waals surface area contributed by atoms with Crippen molar-refractivity contribution in [1.82, 2.24) is 10.5 Å². The minimum Gasteiger partial charge on any atom is -0.315 e. The zero-order valence-electron chi connectivity index (χ0n) is 11.6. The number of hydrogen-bond acceptors (Lipinski definition) is 4. The van der Waals surface area contributed by atoms with Crippen molar-refractivity contribution < 1.29 is 0 Å². The first-order chi connectivity index (χ1) is 9.74. The highest BCUT2D eigenvalue weighted by Crippen LogP contribution is 2.01. The summed E-state index contributed by atoms with van der Waals surface area (Å²) in [5.41, 5.74) is 11.6. The fourth-order valence-corrected chi connectivity index (χ4v) is 2.09. The van der Waals surface area contributed by atoms with Crippen molar-refractivity contribution in [3.05, 3.63) is 71.8 Å². The fourth-order valence-electron chi connectivity index (χ4n) is 2.09. The summed E-state index contributed by atoms with van der Waals surface area (Å²) in [4.78, 5) is 0. The van der Waals surface area contributed by atoms with Crippen LogP contribution in [-0.4, -0.2) is 17.8 Å². The number of nitrogens with two attached hydrogens (primary N) is 2. The molecule has 0 aliphatic heterocycles. The van der Waals surface area contributed by atoms with Gasteiger partial charge in [0, 0.05) is 13.0 Å². The monoisotopic (exact) mass is 270 g/mol. The molecule has 0 saturated carbocycles. The second-order valence-corrected chi connectivity index (χ2v) is 4.85. The highest BCUT2D eigenvalue weighted by molar-refractivity contribution is 5.16. The average Bonchev–Trinajstić information content (AvgIpc) is 2.47. The second-order valence-electron chi connectivity index (χ2n) is 4.85. The largest absolute Gasteiger partial charge is 0.315 e. The molecule has 4 nitrogen and oxygen atoms in total. The zero-order chi connectivity index (χ0) is 14.2. The van der Waals surface area contributed by atoms with Crippen LogP contribution in [-0.2, 0) is 12.8 Å². The maximum Gasteiger partial charge on any atom is 0.0735 e. The van der Waals surface area contributed by atoms with E-state index in [1.54, 1.807) is 5.12 Å². The summed E-state index contributed by atoms with van der Waals surface area (Å²) in [6, 6.07) is 20.4. The molecule has 0 radical (unpaired) electrons. The first kappa shape index (κ1) is 14.7. The van der Waals surface area contributed by atoms with E-state index < -0.39 is 0 Å². The molecule has 0 aliphatic carbocycles. The van der Waals surface area contributed by atoms with E-state index in [0.717, 1.165) is 12.8 Å². The Morgan fingerprint density at radius 3 is 2.05 bits per heavy atom. The molecule has 2 aromatic rings. The highest BCUT2D eigenvalue weighted by Gasteiger charge is 2.07. The second kappa shape index (κ2) is 7.77. The Kier molecular flexibility index (Phi) is 5.70. The first-order valence-corrected chi connectivity index (χ1v) is 6.86. The molecule has 0 heterocycles. The maximum absolute atomic E-state index is 6.04. The molecular formula is C16H22N4. The maximum atomic E-state index is 6.04. The summed E-state index contributed by atoms with van der Waals surface area (Å²) in [6.45, 7) is 0.715. The van der Waals surface area contributed by atoms with Gasteiger partial charge in [0.2, 0.25) is 0 Å². The summed E-state index contributed by atoms with van der Waals surface area (Å²) >= 11 is 0. The molecule has 0 aliphatic rings. The van der Waals surface area contributed by atoms with Gasteiger partial charge in [0.1, 0.15) is 0 Å². The molecular weight excluding hydrogens is 248 g/mol. The third-order valence-electron chi connectivity index (χ3n) is 3.11. The van der Waals surface area contributed by atoms with Crippen LogP contribution in [0.4, 0.5) is 0 Å². The molecule has 2 rings (SSSR count). The van der Waals surface area contributed by atoms with Crippen LogP contribution in [0.15, 0.2) is 60.7 Å². The van der Waals surface area contributed by atoms with Crippen molar-refractivity contribution in [2.24, 2.45) is 11.6 Å². The predicted molar refractivity (Wildman–Crippen MR) is 82.3 cm³/mol. The van der Waals surface area contributed by atoms with Crippen molar-refractivity contribution in [1.29, 1.82) is 0 Å². The molecule has 0 aromatic heterocycles. The number of hydrazine groups is 2. The van der Waals surface area contributed by atoms with Crippen LogP contribution in [0.3, 0.4) is 0 Å². The van der Waals surface area contributed by atoms with Gasteiger partial charge >= 0.3 is 0 Å². The number of benzene rings is 2. The van der Waals surface area contributed by atoms with Gasteiger partial charge in [0.05, 0.1) is 6.17 Å². The molecule has 1 atom stereocenters. The van der Waals surface area contributed by atoms with E-state index in [9.17, 15) is 0 Å². The van der Waals surface area contributed by atoms with Crippen LogP contribution in [0.25, 0.3) is 0 Å². The molecule has 0 fully saturated rings. The molecule has 4 heteroatoms. The summed E-state index contributed by atoms with van der Waals surface area (Å²) in [6.07, 6.45) is 1.46. The van der Waals surface area contributed by atoms with Gasteiger partial charge in [-0.25, -0.2) is 5.43 Å². The summed E-state index contributed by atoms with van der Waals surface area (Å²) < 4.78 is 0. The van der Waals surface area contributed by atoms with Crippen molar-refractivity contribution in [2.75, 3.05) is 6.54 Å². The summed E-state index contributed by atoms with van der Waals surface area (Å²) in [7, 11) is 0. The molecule has 1 unspecified atom stereocenters. The van der Waals surface area contributed by atoms with Gasteiger partial charge in [-0.1, -0.05) is 60.7 Å². The van der Waals surface area contributed by atoms with E-state index in [2.05, 4.69) is 29.7 Å². The van der Waals surface area contributed by atoms with Gasteiger partial charge in [-0.3, -0.25) is 5.84 Å². The Bertz CT molecular complexity index is 486. The lowest BCUT2D eigenvalue weighted by molar-refractivity contribution is 0.162. The Hall–Kier alpha value is -1.72. The third kappa shape index (κ3) is 5.11. The molecule has 106 valence electrons. The molecule has 0 saturated heterocycles. The lowest BCUT2D eigenvalue weighted by Crippen LogP contribution is -2.54. The summed E-state index contributed by atoms with van der Waals surface area (Å²) in [5.74, 6) is 5.92. The van der Waals surface area contributed by atoms with Gasteiger partial charge in [-0.05, 0) is 17.5 Å². The third-order valence-corrected chi connectivity index (χ3v) is 3.11. The zero-order valence-corrected chi connectivity index (χ0v) is 11.6. The van der Waals surface area contributed by atoms with Gasteiger partial charge < -0.3 is 5.73 Å². The van der Waals surface area contributed by atoms with E-state index in [1.807, 2.05) is 36.4 Å². The normalized spacial score (nSPS) is 12.6. The highest BCUT2D eigenvalue weighted by atomic mass is 15.7. The number of hydrogen-bond donors (Lipinski definition) is 3. The lowest BCUT2D eigenvalue weighted by Gasteiger charge is -2.22. The Labute approximate surface area is 120 Å². The Morgan fingerprint density at radius 2 is 1.45 bits per heavy atom. The number of nitrogens with one attached hydrogen (secondary N) is 1. The van der Waals surface area contributed by atoms with E-state index in [4.69, 9.17) is 11.6 Å². The van der Waals surface area contributed by atoms with E-state index in [-0.39, 0.29) is 6.17 Å². The Morgan fingerprint density at radius 1 is 0.900 bits per heavy atom. The first-order valence-electron chi connectivity index (χ1n) is 6.86. The van der Waals surface area contributed by atoms with Gasteiger partial charge in [-0.15, -0.1) is 0 Å². The summed E-state index contributed by atoms with van der Waals surface area (Å²) in [5, 5.41) is 1.57. The number of nitrogens with zero attached hydrogens (tertiary/aromatic N) is 1. The van der Waals surface area contributed by atoms with E-state index in [0.29, 0.717) is 6.54 Å². The topological polar surface area (TPSA) is 67.3 Å². The van der Waals surface area contributed by atoms with Crippen molar-refractivity contribution in [2.45, 2.75) is 19.0 Å². The van der Waals surface area contributed by atoms with Crippen molar-refractivity contribution >= 4 is 0 Å². The molecule has 20 heavy (non-hydrogen) atoms. The van der Waals surface area contributed by atoms with Crippen LogP contribution < -0.4 is 17.0 Å². The van der Waals surface area contributed by atoms with Crippen LogP contribution >= 0.6 is 0 Å². The van der Waals surface area contributed by atoms with Crippen molar-refractivity contribution in [3.8, 4) is 0 Å². The van der Waals surface area contributed by atoms with E-state index in [1.165, 1.54) is 11.1 Å². The van der Waals surface area contributed by atoms with Crippen LogP contribution in [0.2, 0.25) is 0 Å².